The highest BCUT2D eigenvalue weighted by molar-refractivity contribution is 6.14. The van der Waals surface area contributed by atoms with Crippen LogP contribution in [0, 0.1) is 0 Å². The summed E-state index contributed by atoms with van der Waals surface area (Å²) in [6.07, 6.45) is 5.30. The van der Waals surface area contributed by atoms with Crippen LogP contribution in [0.4, 0.5) is 14.7 Å². The number of methoxy groups -OCH3 is 1. The van der Waals surface area contributed by atoms with Crippen molar-refractivity contribution in [2.45, 2.75) is 44.1 Å². The predicted molar refractivity (Wildman–Crippen MR) is 111 cm³/mol. The Balaban J connectivity index is 1.80. The van der Waals surface area contributed by atoms with Crippen LogP contribution in [0.15, 0.2) is 29.5 Å². The number of alkyl halides is 2. The van der Waals surface area contributed by atoms with E-state index in [9.17, 15) is 8.78 Å². The number of ether oxygens (including phenoxy) is 2. The molecule has 0 saturated heterocycles. The van der Waals surface area contributed by atoms with Gasteiger partial charge in [-0.05, 0) is 30.5 Å². The summed E-state index contributed by atoms with van der Waals surface area (Å²) in [7, 11) is 5.29. The number of hydrogen-bond donors (Lipinski definition) is 0. The van der Waals surface area contributed by atoms with Crippen LogP contribution in [0.5, 0.6) is 11.5 Å². The van der Waals surface area contributed by atoms with Gasteiger partial charge >= 0.3 is 0 Å². The van der Waals surface area contributed by atoms with Gasteiger partial charge in [0.25, 0.3) is 6.43 Å². The molecule has 1 saturated carbocycles. The van der Waals surface area contributed by atoms with Crippen molar-refractivity contribution in [3.8, 4) is 11.5 Å². The lowest BCUT2D eigenvalue weighted by atomic mass is 9.75. The third-order valence-corrected chi connectivity index (χ3v) is 5.69. The normalized spacial score (nSPS) is 20.3. The van der Waals surface area contributed by atoms with Crippen molar-refractivity contribution in [1.29, 1.82) is 0 Å². The molecular weight excluding hydrogens is 390 g/mol. The highest BCUT2D eigenvalue weighted by Crippen LogP contribution is 2.44. The molecule has 4 rings (SSSR count). The average molecular weight is 416 g/mol. The first-order valence-electron chi connectivity index (χ1n) is 10.2. The molecule has 0 spiro atoms. The molecule has 1 aliphatic carbocycles. The van der Waals surface area contributed by atoms with E-state index in [-0.39, 0.29) is 12.0 Å². The van der Waals surface area contributed by atoms with Crippen LogP contribution in [-0.4, -0.2) is 56.0 Å². The summed E-state index contributed by atoms with van der Waals surface area (Å²) in [5, 5.41) is 0. The topological polar surface area (TPSA) is 59.8 Å². The average Bonchev–Trinajstić information content (AvgIpc) is 2.76. The monoisotopic (exact) mass is 416 g/mol. The van der Waals surface area contributed by atoms with E-state index in [4.69, 9.17) is 14.5 Å². The highest BCUT2D eigenvalue weighted by atomic mass is 19.3. The fraction of sp³-hybridized carbons (Fsp3) is 0.500. The fourth-order valence-corrected chi connectivity index (χ4v) is 4.28. The Morgan fingerprint density at radius 1 is 1.10 bits per heavy atom. The number of fused-ring (bicyclic) bond motifs is 3. The van der Waals surface area contributed by atoms with Crippen LogP contribution in [0.25, 0.3) is 0 Å². The quantitative estimate of drug-likeness (QED) is 0.710. The van der Waals surface area contributed by atoms with Crippen molar-refractivity contribution in [2.24, 2.45) is 4.99 Å². The molecule has 6 nitrogen and oxygen atoms in total. The first-order chi connectivity index (χ1) is 14.5. The van der Waals surface area contributed by atoms with Crippen molar-refractivity contribution in [2.75, 3.05) is 32.7 Å². The third-order valence-electron chi connectivity index (χ3n) is 5.69. The predicted octanol–water partition coefficient (Wildman–Crippen LogP) is 4.07. The summed E-state index contributed by atoms with van der Waals surface area (Å²) in [5.74, 6) is 1.64. The molecule has 0 amide bonds. The Labute approximate surface area is 175 Å². The summed E-state index contributed by atoms with van der Waals surface area (Å²) in [6, 6.07) is 3.87. The van der Waals surface area contributed by atoms with Crippen LogP contribution in [0.1, 0.15) is 48.3 Å². The lowest BCUT2D eigenvalue weighted by Gasteiger charge is -2.35. The first-order valence-corrected chi connectivity index (χ1v) is 10.2. The molecule has 2 atom stereocenters. The van der Waals surface area contributed by atoms with Gasteiger partial charge in [0.05, 0.1) is 18.9 Å². The van der Waals surface area contributed by atoms with E-state index in [1.807, 2.05) is 31.1 Å². The molecule has 0 unspecified atom stereocenters. The molecule has 30 heavy (non-hydrogen) atoms. The van der Waals surface area contributed by atoms with Crippen LogP contribution in [0.3, 0.4) is 0 Å². The van der Waals surface area contributed by atoms with Crippen LogP contribution < -0.4 is 14.4 Å². The Kier molecular flexibility index (Phi) is 5.83. The SMILES string of the molecule is COc1cc2c(cc1OCC(F)F)[C@H]1CCCC[C@H]1N=C2c1cnc(N(C)C)nc1. The summed E-state index contributed by atoms with van der Waals surface area (Å²) in [6.45, 7) is -0.663. The van der Waals surface area contributed by atoms with Crippen molar-refractivity contribution in [1.82, 2.24) is 9.97 Å². The minimum Gasteiger partial charge on any atom is -0.493 e. The maximum absolute atomic E-state index is 12.7. The van der Waals surface area contributed by atoms with Crippen molar-refractivity contribution >= 4 is 11.7 Å². The van der Waals surface area contributed by atoms with E-state index in [2.05, 4.69) is 9.97 Å². The van der Waals surface area contributed by atoms with Gasteiger partial charge in [-0.1, -0.05) is 12.8 Å². The van der Waals surface area contributed by atoms with Gasteiger partial charge in [0.1, 0.15) is 6.61 Å². The van der Waals surface area contributed by atoms with Gasteiger partial charge in [-0.3, -0.25) is 4.99 Å². The van der Waals surface area contributed by atoms with E-state index in [1.54, 1.807) is 12.4 Å². The molecule has 8 heteroatoms. The summed E-state index contributed by atoms with van der Waals surface area (Å²) >= 11 is 0. The second-order valence-corrected chi connectivity index (χ2v) is 7.89. The third kappa shape index (κ3) is 3.95. The highest BCUT2D eigenvalue weighted by Gasteiger charge is 2.35. The Hall–Kier alpha value is -2.77. The van der Waals surface area contributed by atoms with E-state index >= 15 is 0 Å². The van der Waals surface area contributed by atoms with Crippen molar-refractivity contribution in [3.05, 3.63) is 41.2 Å². The van der Waals surface area contributed by atoms with Gasteiger partial charge in [-0.2, -0.15) is 0 Å². The van der Waals surface area contributed by atoms with Gasteiger partial charge in [-0.15, -0.1) is 0 Å². The standard InChI is InChI=1S/C22H26F2N4O2/c1-28(2)22-25-10-13(11-26-22)21-16-9-18(29-3)19(30-12-20(23)24)8-15(16)14-6-4-5-7-17(14)27-21/h8-11,14,17,20H,4-7,12H2,1-3H3/t14-,17-/m1/s1. The van der Waals surface area contributed by atoms with Crippen LogP contribution >= 0.6 is 0 Å². The van der Waals surface area contributed by atoms with Gasteiger partial charge in [0, 0.05) is 43.5 Å². The Morgan fingerprint density at radius 2 is 1.83 bits per heavy atom. The lowest BCUT2D eigenvalue weighted by molar-refractivity contribution is 0.0803. The molecule has 2 heterocycles. The number of aliphatic imine (C=N–C) groups is 1. The lowest BCUT2D eigenvalue weighted by Crippen LogP contribution is -2.30. The Morgan fingerprint density at radius 3 is 2.50 bits per heavy atom. The molecule has 0 bridgehead atoms. The largest absolute Gasteiger partial charge is 0.493 e. The minimum absolute atomic E-state index is 0.158. The number of anilines is 1. The van der Waals surface area contributed by atoms with Crippen molar-refractivity contribution in [3.63, 3.8) is 0 Å². The first kappa shape index (κ1) is 20.5. The second-order valence-electron chi connectivity index (χ2n) is 7.89. The van der Waals surface area contributed by atoms with E-state index < -0.39 is 13.0 Å². The molecular formula is C22H26F2N4O2. The van der Waals surface area contributed by atoms with Gasteiger partial charge in [0.2, 0.25) is 5.95 Å². The Bertz CT molecular complexity index is 931. The van der Waals surface area contributed by atoms with Gasteiger partial charge in [-0.25, -0.2) is 18.7 Å². The second kappa shape index (κ2) is 8.53. The van der Waals surface area contributed by atoms with Gasteiger partial charge in [0.15, 0.2) is 11.5 Å². The zero-order valence-corrected chi connectivity index (χ0v) is 17.4. The zero-order chi connectivity index (χ0) is 21.3. The van der Waals surface area contributed by atoms with E-state index in [0.717, 1.165) is 48.1 Å². The summed E-state index contributed by atoms with van der Waals surface area (Å²) < 4.78 is 36.3. The van der Waals surface area contributed by atoms with E-state index in [1.165, 1.54) is 7.11 Å². The molecule has 0 radical (unpaired) electrons. The molecule has 2 aromatic rings. The van der Waals surface area contributed by atoms with Crippen LogP contribution in [0.2, 0.25) is 0 Å². The molecule has 160 valence electrons. The maximum Gasteiger partial charge on any atom is 0.272 e. The molecule has 1 fully saturated rings. The van der Waals surface area contributed by atoms with Gasteiger partial charge < -0.3 is 14.4 Å². The molecule has 1 aliphatic heterocycles. The number of halogens is 2. The summed E-state index contributed by atoms with van der Waals surface area (Å²) in [4.78, 5) is 15.8. The molecule has 1 aromatic heterocycles. The maximum atomic E-state index is 12.7. The number of rotatable bonds is 6. The number of aromatic nitrogens is 2. The van der Waals surface area contributed by atoms with Crippen LogP contribution in [-0.2, 0) is 0 Å². The molecule has 0 N–H and O–H groups in total. The smallest absolute Gasteiger partial charge is 0.272 e. The minimum atomic E-state index is -2.54. The van der Waals surface area contributed by atoms with E-state index in [0.29, 0.717) is 17.4 Å². The molecule has 2 aliphatic rings. The fourth-order valence-electron chi connectivity index (χ4n) is 4.28. The van der Waals surface area contributed by atoms with Crippen molar-refractivity contribution < 1.29 is 18.3 Å². The number of nitrogens with zero attached hydrogens (tertiary/aromatic N) is 4. The molecule has 1 aromatic carbocycles. The zero-order valence-electron chi connectivity index (χ0n) is 17.4. The number of hydrogen-bond acceptors (Lipinski definition) is 6. The number of benzene rings is 1. The summed E-state index contributed by atoms with van der Waals surface area (Å²) in [5.41, 5.74) is 3.65.